The minimum atomic E-state index is -2.58. The van der Waals surface area contributed by atoms with E-state index in [1.807, 2.05) is 6.26 Å². The molecule has 0 bridgehead atoms. The van der Waals surface area contributed by atoms with E-state index in [1.54, 1.807) is 0 Å². The summed E-state index contributed by atoms with van der Waals surface area (Å²) in [5.41, 5.74) is 6.96. The van der Waals surface area contributed by atoms with Crippen molar-refractivity contribution in [3.8, 4) is 5.88 Å². The molecule has 0 aromatic carbocycles. The van der Waals surface area contributed by atoms with Crippen molar-refractivity contribution < 1.29 is 13.9 Å². The number of unbranched alkanes of at least 4 members (excludes halogenated alkanes) is 1. The van der Waals surface area contributed by atoms with Crippen molar-refractivity contribution >= 4 is 52.0 Å². The van der Waals surface area contributed by atoms with E-state index in [1.165, 1.54) is 11.8 Å². The third kappa shape index (κ3) is 4.81. The second kappa shape index (κ2) is 11.0. The van der Waals surface area contributed by atoms with E-state index in [2.05, 4.69) is 23.7 Å². The molecule has 4 heterocycles. The summed E-state index contributed by atoms with van der Waals surface area (Å²) in [6, 6.07) is 0.0200. The Hall–Kier alpha value is -0.911. The SMILES string of the molecule is CCC[CH2][Sn]([c]1nc2c3c(nc(SC)nc3c1F)N1CCCOC[C@H]1CO2)[CH](N)CCC. The molecule has 0 spiro atoms. The Labute approximate surface area is 200 Å². The fraction of sp³-hybridized carbons (Fsp3) is 0.682. The molecule has 0 amide bonds. The molecule has 2 aromatic heterocycles. The number of halogens is 1. The van der Waals surface area contributed by atoms with E-state index >= 15 is 4.39 Å². The molecule has 1 unspecified atom stereocenters. The summed E-state index contributed by atoms with van der Waals surface area (Å²) in [5.74, 6) is 0.884. The molecule has 2 aliphatic rings. The summed E-state index contributed by atoms with van der Waals surface area (Å²) in [7, 11) is 0. The van der Waals surface area contributed by atoms with Gasteiger partial charge in [0.05, 0.1) is 0 Å². The third-order valence-corrected chi connectivity index (χ3v) is 15.3. The topological polar surface area (TPSA) is 86.4 Å². The molecule has 32 heavy (non-hydrogen) atoms. The van der Waals surface area contributed by atoms with Crippen LogP contribution in [0.1, 0.15) is 46.0 Å². The van der Waals surface area contributed by atoms with Crippen LogP contribution in [-0.2, 0) is 4.74 Å². The van der Waals surface area contributed by atoms with Gasteiger partial charge in [0.15, 0.2) is 0 Å². The number of fused-ring (bicyclic) bond motifs is 2. The zero-order valence-electron chi connectivity index (χ0n) is 19.2. The van der Waals surface area contributed by atoms with Crippen LogP contribution < -0.4 is 19.1 Å². The van der Waals surface area contributed by atoms with Crippen LogP contribution in [0.4, 0.5) is 10.2 Å². The molecule has 2 aliphatic heterocycles. The molecule has 7 nitrogen and oxygen atoms in total. The van der Waals surface area contributed by atoms with Gasteiger partial charge in [0, 0.05) is 0 Å². The maximum atomic E-state index is 16.2. The molecule has 1 fully saturated rings. The number of ether oxygens (including phenoxy) is 2. The van der Waals surface area contributed by atoms with Gasteiger partial charge in [-0.25, -0.2) is 0 Å². The van der Waals surface area contributed by atoms with E-state index in [4.69, 9.17) is 25.2 Å². The molecule has 2 N–H and O–H groups in total. The number of hydrogen-bond acceptors (Lipinski definition) is 8. The van der Waals surface area contributed by atoms with Crippen molar-refractivity contribution in [1.29, 1.82) is 0 Å². The van der Waals surface area contributed by atoms with Crippen LogP contribution in [0.25, 0.3) is 10.9 Å². The van der Waals surface area contributed by atoms with Crippen LogP contribution in [0.5, 0.6) is 5.88 Å². The molecule has 2 atom stereocenters. The van der Waals surface area contributed by atoms with Gasteiger partial charge in [0.25, 0.3) is 0 Å². The molecule has 10 heteroatoms. The molecular formula is C22H33FN5O2SSn. The fourth-order valence-corrected chi connectivity index (χ4v) is 13.3. The van der Waals surface area contributed by atoms with Gasteiger partial charge in [-0.05, 0) is 0 Å². The van der Waals surface area contributed by atoms with Crippen molar-refractivity contribution in [2.24, 2.45) is 5.73 Å². The maximum absolute atomic E-state index is 16.2. The Morgan fingerprint density at radius 2 is 2.09 bits per heavy atom. The van der Waals surface area contributed by atoms with Gasteiger partial charge in [0.1, 0.15) is 0 Å². The molecule has 1 saturated heterocycles. The third-order valence-electron chi connectivity index (χ3n) is 6.17. The van der Waals surface area contributed by atoms with Crippen LogP contribution in [0.15, 0.2) is 5.16 Å². The summed E-state index contributed by atoms with van der Waals surface area (Å²) in [6.07, 6.45) is 6.84. The van der Waals surface area contributed by atoms with E-state index in [0.717, 1.165) is 48.9 Å². The predicted octanol–water partition coefficient (Wildman–Crippen LogP) is 3.04. The molecule has 0 saturated carbocycles. The quantitative estimate of drug-likeness (QED) is 0.295. The number of nitrogens with zero attached hydrogens (tertiary/aromatic N) is 4. The Bertz CT molecular complexity index is 952. The molecular weight excluding hydrogens is 536 g/mol. The van der Waals surface area contributed by atoms with Gasteiger partial charge in [0.2, 0.25) is 0 Å². The Balaban J connectivity index is 1.90. The first-order chi connectivity index (χ1) is 15.6. The summed E-state index contributed by atoms with van der Waals surface area (Å²) >= 11 is -1.16. The minimum absolute atomic E-state index is 0.0200. The van der Waals surface area contributed by atoms with Gasteiger partial charge in [-0.15, -0.1) is 0 Å². The van der Waals surface area contributed by atoms with Crippen molar-refractivity contribution in [2.45, 2.75) is 65.6 Å². The monoisotopic (exact) mass is 570 g/mol. The summed E-state index contributed by atoms with van der Waals surface area (Å²) in [6.45, 7) is 6.79. The molecule has 2 aromatic rings. The van der Waals surface area contributed by atoms with Gasteiger partial charge >= 0.3 is 201 Å². The summed E-state index contributed by atoms with van der Waals surface area (Å²) < 4.78 is 29.8. The second-order valence-electron chi connectivity index (χ2n) is 8.45. The van der Waals surface area contributed by atoms with Crippen LogP contribution in [-0.4, -0.2) is 77.4 Å². The van der Waals surface area contributed by atoms with Crippen molar-refractivity contribution in [3.63, 3.8) is 0 Å². The number of anilines is 1. The zero-order valence-corrected chi connectivity index (χ0v) is 22.9. The first kappa shape index (κ1) is 24.2. The molecule has 175 valence electrons. The van der Waals surface area contributed by atoms with E-state index in [9.17, 15) is 0 Å². The van der Waals surface area contributed by atoms with Crippen LogP contribution in [0, 0.1) is 5.82 Å². The van der Waals surface area contributed by atoms with Gasteiger partial charge in [-0.1, -0.05) is 0 Å². The van der Waals surface area contributed by atoms with Crippen molar-refractivity contribution in [3.05, 3.63) is 5.82 Å². The van der Waals surface area contributed by atoms with Crippen LogP contribution in [0.3, 0.4) is 0 Å². The first-order valence-corrected chi connectivity index (χ1v) is 17.9. The van der Waals surface area contributed by atoms with Crippen LogP contribution in [0.2, 0.25) is 4.44 Å². The van der Waals surface area contributed by atoms with E-state index in [-0.39, 0.29) is 15.9 Å². The van der Waals surface area contributed by atoms with Crippen molar-refractivity contribution in [1.82, 2.24) is 15.0 Å². The molecule has 0 aliphatic carbocycles. The number of pyridine rings is 1. The number of hydrogen-bond donors (Lipinski definition) is 1. The van der Waals surface area contributed by atoms with E-state index in [0.29, 0.717) is 45.5 Å². The number of thioether (sulfide) groups is 1. The first-order valence-electron chi connectivity index (χ1n) is 11.6. The number of nitrogens with two attached hydrogens (primary N) is 1. The average Bonchev–Trinajstić information content (AvgIpc) is 3.11. The van der Waals surface area contributed by atoms with Gasteiger partial charge < -0.3 is 0 Å². The Morgan fingerprint density at radius 3 is 2.84 bits per heavy atom. The zero-order chi connectivity index (χ0) is 22.7. The Kier molecular flexibility index (Phi) is 8.33. The number of aromatic nitrogens is 3. The summed E-state index contributed by atoms with van der Waals surface area (Å²) in [4.78, 5) is 16.5. The molecule has 1 radical (unpaired) electrons. The number of rotatable bonds is 8. The average molecular weight is 569 g/mol. The van der Waals surface area contributed by atoms with E-state index < -0.39 is 19.8 Å². The molecule has 4 rings (SSSR count). The fourth-order valence-electron chi connectivity index (χ4n) is 4.47. The van der Waals surface area contributed by atoms with Gasteiger partial charge in [-0.2, -0.15) is 0 Å². The predicted molar refractivity (Wildman–Crippen MR) is 129 cm³/mol. The standard InChI is InChI=1S/C14H14FN4O2S.C4H10N.C4H9.Sn/c1-22-14-17-11-9(15)5-16-13-10(11)12(18-14)19-3-2-4-20-6-8(19)7-21-13;1-2-3-4-5;1-3-4-2;/h8H,2-4,6-7H2,1H3;4H,2-3,5H2,1H3;1,3-4H2,2H3;/t8-;;;/m0.../s1. The van der Waals surface area contributed by atoms with Gasteiger partial charge in [-0.3, -0.25) is 0 Å². The summed E-state index contributed by atoms with van der Waals surface area (Å²) in [5, 5.41) is 1.16. The van der Waals surface area contributed by atoms with Crippen LogP contribution >= 0.6 is 11.8 Å². The normalized spacial score (nSPS) is 19.4. The second-order valence-corrected chi connectivity index (χ2v) is 17.1. The van der Waals surface area contributed by atoms with Crippen molar-refractivity contribution in [2.75, 3.05) is 37.5 Å². The Morgan fingerprint density at radius 1 is 1.25 bits per heavy atom.